The fourth-order valence-corrected chi connectivity index (χ4v) is 3.31. The van der Waals surface area contributed by atoms with Gasteiger partial charge in [-0.05, 0) is 37.0 Å². The predicted molar refractivity (Wildman–Crippen MR) is 131 cm³/mol. The summed E-state index contributed by atoms with van der Waals surface area (Å²) in [7, 11) is 0. The van der Waals surface area contributed by atoms with Crippen molar-refractivity contribution in [2.45, 2.75) is 76.7 Å². The number of aliphatic hydroxyl groups is 1. The van der Waals surface area contributed by atoms with Crippen molar-refractivity contribution in [3.63, 3.8) is 0 Å². The molecule has 6 unspecified atom stereocenters. The Balaban J connectivity index is 3.04. The van der Waals surface area contributed by atoms with E-state index in [1.165, 1.54) is 31.2 Å². The first kappa shape index (κ1) is 31.3. The lowest BCUT2D eigenvalue weighted by molar-refractivity contribution is -0.143. The normalized spacial score (nSPS) is 15.8. The summed E-state index contributed by atoms with van der Waals surface area (Å²) >= 11 is 0. The monoisotopic (exact) mass is 524 g/mol. The Kier molecular flexibility index (Phi) is 12.5. The van der Waals surface area contributed by atoms with Crippen LogP contribution in [0.2, 0.25) is 0 Å². The number of nitrogens with two attached hydrogens (primary N) is 1. The van der Waals surface area contributed by atoms with Gasteiger partial charge in [0.1, 0.15) is 23.9 Å². The number of carbonyl (C=O) groups excluding carboxylic acids is 3. The van der Waals surface area contributed by atoms with E-state index in [0.29, 0.717) is 12.0 Å². The van der Waals surface area contributed by atoms with Gasteiger partial charge in [0, 0.05) is 12.8 Å². The quantitative estimate of drug-likeness (QED) is 0.141. The SMILES string of the molecule is CCC(C)C(N)C(=O)NC(C(=O)NC(CCC(=O)O)C(=O)NC(Cc1ccc(O)cc1)C(=O)O)C(C)O. The Morgan fingerprint density at radius 2 is 1.46 bits per heavy atom. The maximum atomic E-state index is 12.9. The molecule has 0 fully saturated rings. The molecule has 0 aliphatic rings. The van der Waals surface area contributed by atoms with Gasteiger partial charge in [-0.2, -0.15) is 0 Å². The molecule has 13 nitrogen and oxygen atoms in total. The maximum absolute atomic E-state index is 12.9. The molecule has 1 aromatic rings. The summed E-state index contributed by atoms with van der Waals surface area (Å²) in [6, 6.07) is 0.278. The lowest BCUT2D eigenvalue weighted by Gasteiger charge is -2.27. The topological polar surface area (TPSA) is 228 Å². The average molecular weight is 525 g/mol. The molecule has 9 N–H and O–H groups in total. The minimum absolute atomic E-state index is 0.0269. The third-order valence-corrected chi connectivity index (χ3v) is 5.89. The molecule has 0 bridgehead atoms. The summed E-state index contributed by atoms with van der Waals surface area (Å²) in [6.45, 7) is 4.81. The minimum Gasteiger partial charge on any atom is -0.508 e. The third kappa shape index (κ3) is 10.4. The first-order chi connectivity index (χ1) is 17.3. The minimum atomic E-state index is -1.50. The Bertz CT molecular complexity index is 952. The van der Waals surface area contributed by atoms with Gasteiger partial charge in [-0.25, -0.2) is 4.79 Å². The molecular formula is C24H36N4O9. The molecule has 3 amide bonds. The second-order valence-electron chi connectivity index (χ2n) is 8.90. The molecule has 1 rings (SSSR count). The van der Waals surface area contributed by atoms with Crippen LogP contribution in [-0.4, -0.2) is 80.4 Å². The second-order valence-corrected chi connectivity index (χ2v) is 8.90. The number of phenols is 1. The fraction of sp³-hybridized carbons (Fsp3) is 0.542. The van der Waals surface area contributed by atoms with Gasteiger partial charge in [0.15, 0.2) is 0 Å². The van der Waals surface area contributed by atoms with E-state index in [9.17, 15) is 39.3 Å². The van der Waals surface area contributed by atoms with Gasteiger partial charge in [-0.1, -0.05) is 32.4 Å². The molecule has 0 radical (unpaired) electrons. The van der Waals surface area contributed by atoms with Gasteiger partial charge in [-0.15, -0.1) is 0 Å². The van der Waals surface area contributed by atoms with Gasteiger partial charge in [0.25, 0.3) is 0 Å². The van der Waals surface area contributed by atoms with Gasteiger partial charge < -0.3 is 42.1 Å². The van der Waals surface area contributed by atoms with Crippen molar-refractivity contribution >= 4 is 29.7 Å². The number of rotatable bonds is 15. The van der Waals surface area contributed by atoms with Gasteiger partial charge in [-0.3, -0.25) is 19.2 Å². The van der Waals surface area contributed by atoms with Crippen LogP contribution in [0.3, 0.4) is 0 Å². The predicted octanol–water partition coefficient (Wildman–Crippen LogP) is -0.907. The molecule has 6 atom stereocenters. The Morgan fingerprint density at radius 3 is 1.95 bits per heavy atom. The molecule has 0 saturated carbocycles. The smallest absolute Gasteiger partial charge is 0.326 e. The summed E-state index contributed by atoms with van der Waals surface area (Å²) in [5, 5.41) is 45.0. The largest absolute Gasteiger partial charge is 0.508 e. The van der Waals surface area contributed by atoms with Crippen LogP contribution in [0, 0.1) is 5.92 Å². The summed E-state index contributed by atoms with van der Waals surface area (Å²) in [6.07, 6.45) is -1.87. The highest BCUT2D eigenvalue weighted by Gasteiger charge is 2.33. The lowest BCUT2D eigenvalue weighted by atomic mass is 9.98. The van der Waals surface area contributed by atoms with Gasteiger partial charge in [0.05, 0.1) is 12.1 Å². The third-order valence-electron chi connectivity index (χ3n) is 5.89. The number of aliphatic hydroxyl groups excluding tert-OH is 1. The number of carbonyl (C=O) groups is 5. The van der Waals surface area contributed by atoms with Crippen LogP contribution in [0.25, 0.3) is 0 Å². The van der Waals surface area contributed by atoms with E-state index < -0.39 is 66.4 Å². The summed E-state index contributed by atoms with van der Waals surface area (Å²) in [5.74, 6) is -5.51. The number of carboxylic acid groups (broad SMARTS) is 2. The number of carboxylic acids is 2. The number of nitrogens with one attached hydrogen (secondary N) is 3. The summed E-state index contributed by atoms with van der Waals surface area (Å²) in [4.78, 5) is 61.1. The highest BCUT2D eigenvalue weighted by Crippen LogP contribution is 2.12. The highest BCUT2D eigenvalue weighted by molar-refractivity contribution is 5.94. The second kappa shape index (κ2) is 14.8. The van der Waals surface area contributed by atoms with E-state index in [4.69, 9.17) is 10.8 Å². The molecular weight excluding hydrogens is 488 g/mol. The summed E-state index contributed by atoms with van der Waals surface area (Å²) < 4.78 is 0. The number of phenolic OH excluding ortho intramolecular Hbond substituents is 1. The van der Waals surface area contributed by atoms with Crippen LogP contribution >= 0.6 is 0 Å². The molecule has 37 heavy (non-hydrogen) atoms. The van der Waals surface area contributed by atoms with Crippen molar-refractivity contribution in [2.75, 3.05) is 0 Å². The molecule has 0 heterocycles. The lowest BCUT2D eigenvalue weighted by Crippen LogP contribution is -2.60. The Hall–Kier alpha value is -3.71. The van der Waals surface area contributed by atoms with Crippen LogP contribution < -0.4 is 21.7 Å². The van der Waals surface area contributed by atoms with Gasteiger partial charge in [0.2, 0.25) is 17.7 Å². The van der Waals surface area contributed by atoms with Crippen molar-refractivity contribution in [1.82, 2.24) is 16.0 Å². The number of hydrogen-bond donors (Lipinski definition) is 8. The molecule has 0 aliphatic heterocycles. The molecule has 0 spiro atoms. The van der Waals surface area contributed by atoms with Crippen molar-refractivity contribution in [2.24, 2.45) is 11.7 Å². The van der Waals surface area contributed by atoms with Gasteiger partial charge >= 0.3 is 11.9 Å². The van der Waals surface area contributed by atoms with Crippen LogP contribution in [0.5, 0.6) is 5.75 Å². The maximum Gasteiger partial charge on any atom is 0.326 e. The molecule has 0 saturated heterocycles. The molecule has 0 aromatic heterocycles. The summed E-state index contributed by atoms with van der Waals surface area (Å²) in [5.41, 5.74) is 6.37. The Labute approximate surface area is 214 Å². The number of aliphatic carboxylic acids is 2. The standard InChI is InChI=1S/C24H36N4O9/c1-4-12(2)19(25)22(34)28-20(13(3)29)23(35)26-16(9-10-18(31)32)21(33)27-17(24(36)37)11-14-5-7-15(30)8-6-14/h5-8,12-13,16-17,19-20,29-30H,4,9-11,25H2,1-3H3,(H,26,35)(H,27,33)(H,28,34)(H,31,32)(H,36,37). The zero-order valence-electron chi connectivity index (χ0n) is 21.0. The van der Waals surface area contributed by atoms with Crippen molar-refractivity contribution in [1.29, 1.82) is 0 Å². The Morgan fingerprint density at radius 1 is 0.892 bits per heavy atom. The molecule has 13 heteroatoms. The van der Waals surface area contributed by atoms with Crippen LogP contribution in [-0.2, 0) is 30.4 Å². The van der Waals surface area contributed by atoms with E-state index in [1.54, 1.807) is 6.92 Å². The molecule has 1 aromatic carbocycles. The zero-order valence-corrected chi connectivity index (χ0v) is 21.0. The van der Waals surface area contributed by atoms with E-state index in [1.807, 2.05) is 6.92 Å². The average Bonchev–Trinajstić information content (AvgIpc) is 2.83. The first-order valence-corrected chi connectivity index (χ1v) is 11.8. The molecule has 0 aliphatic carbocycles. The fourth-order valence-electron chi connectivity index (χ4n) is 3.31. The number of hydrogen-bond acceptors (Lipinski definition) is 8. The molecule has 206 valence electrons. The first-order valence-electron chi connectivity index (χ1n) is 11.8. The van der Waals surface area contributed by atoms with E-state index >= 15 is 0 Å². The van der Waals surface area contributed by atoms with Crippen molar-refractivity contribution in [3.8, 4) is 5.75 Å². The van der Waals surface area contributed by atoms with Crippen molar-refractivity contribution in [3.05, 3.63) is 29.8 Å². The highest BCUT2D eigenvalue weighted by atomic mass is 16.4. The van der Waals surface area contributed by atoms with Crippen LogP contribution in [0.1, 0.15) is 45.6 Å². The zero-order chi connectivity index (χ0) is 28.3. The number of amides is 3. The van der Waals surface area contributed by atoms with E-state index in [2.05, 4.69) is 16.0 Å². The van der Waals surface area contributed by atoms with Crippen LogP contribution in [0.15, 0.2) is 24.3 Å². The van der Waals surface area contributed by atoms with E-state index in [-0.39, 0.29) is 24.5 Å². The van der Waals surface area contributed by atoms with E-state index in [0.717, 1.165) is 0 Å². The number of benzene rings is 1. The van der Waals surface area contributed by atoms with Crippen LogP contribution in [0.4, 0.5) is 0 Å². The number of aromatic hydroxyl groups is 1. The van der Waals surface area contributed by atoms with Crippen molar-refractivity contribution < 1.29 is 44.4 Å².